The van der Waals surface area contributed by atoms with Gasteiger partial charge in [0.25, 0.3) is 0 Å². The third kappa shape index (κ3) is 1.72. The van der Waals surface area contributed by atoms with E-state index >= 15 is 0 Å². The average Bonchev–Trinajstić information content (AvgIpc) is 2.44. The van der Waals surface area contributed by atoms with Crippen molar-refractivity contribution in [1.29, 1.82) is 0 Å². The van der Waals surface area contributed by atoms with Crippen LogP contribution in [0, 0.1) is 3.57 Å². The summed E-state index contributed by atoms with van der Waals surface area (Å²) >= 11 is 5.71. The Bertz CT molecular complexity index is 483. The topological polar surface area (TPSA) is 25.2 Å². The highest BCUT2D eigenvalue weighted by Gasteiger charge is 2.12. The molecule has 0 saturated heterocycles. The van der Waals surface area contributed by atoms with Crippen LogP contribution >= 0.6 is 38.5 Å². The molecule has 0 spiro atoms. The summed E-state index contributed by atoms with van der Waals surface area (Å²) in [5.41, 5.74) is 1.06. The summed E-state index contributed by atoms with van der Waals surface area (Å²) in [4.78, 5) is 0. The van der Waals surface area contributed by atoms with E-state index < -0.39 is 7.05 Å². The van der Waals surface area contributed by atoms with Gasteiger partial charge in [-0.1, -0.05) is 15.9 Å². The van der Waals surface area contributed by atoms with Crippen LogP contribution in [0.4, 0.5) is 0 Å². The Hall–Kier alpha value is -0.00506. The molecule has 2 rings (SSSR count). The molecular formula is C9H8BBrINO. The van der Waals surface area contributed by atoms with Crippen molar-refractivity contribution in [2.75, 3.05) is 0 Å². The maximum Gasteiger partial charge on any atom is 0.413 e. The van der Waals surface area contributed by atoms with E-state index in [-0.39, 0.29) is 0 Å². The Kier molecular flexibility index (Phi) is 2.90. The first kappa shape index (κ1) is 10.5. The first-order chi connectivity index (χ1) is 6.59. The van der Waals surface area contributed by atoms with Gasteiger partial charge in [0.05, 0.1) is 0 Å². The summed E-state index contributed by atoms with van der Waals surface area (Å²) in [7, 11) is -0.484. The highest BCUT2D eigenvalue weighted by Crippen LogP contribution is 2.26. The molecule has 0 aliphatic rings. The Morgan fingerprint density at radius 2 is 2.21 bits per heavy atom. The van der Waals surface area contributed by atoms with E-state index in [1.165, 1.54) is 5.39 Å². The van der Waals surface area contributed by atoms with Gasteiger partial charge in [0.1, 0.15) is 0 Å². The fourth-order valence-corrected chi connectivity index (χ4v) is 2.59. The van der Waals surface area contributed by atoms with Gasteiger partial charge in [0, 0.05) is 25.1 Å². The fraction of sp³-hybridized carbons (Fsp3) is 0.111. The highest BCUT2D eigenvalue weighted by atomic mass is 127. The zero-order valence-corrected chi connectivity index (χ0v) is 11.3. The smallest absolute Gasteiger partial charge is 0.413 e. The maximum absolute atomic E-state index is 9.55. The van der Waals surface area contributed by atoms with Gasteiger partial charge in [-0.3, -0.25) is 0 Å². The molecule has 0 unspecified atom stereocenters. The van der Waals surface area contributed by atoms with E-state index in [2.05, 4.69) is 44.6 Å². The fourth-order valence-electron chi connectivity index (χ4n) is 1.50. The lowest BCUT2D eigenvalue weighted by molar-refractivity contribution is 0.566. The lowest BCUT2D eigenvalue weighted by Gasteiger charge is -2.03. The molecule has 0 aliphatic carbocycles. The van der Waals surface area contributed by atoms with E-state index in [1.807, 2.05) is 22.8 Å². The molecule has 0 bridgehead atoms. The SMILES string of the molecule is CB(O)n1cc(I)c2cc(Br)ccc21. The average molecular weight is 364 g/mol. The second-order valence-electron chi connectivity index (χ2n) is 3.18. The summed E-state index contributed by atoms with van der Waals surface area (Å²) in [5.74, 6) is 0. The second kappa shape index (κ2) is 3.86. The molecule has 0 atom stereocenters. The predicted molar refractivity (Wildman–Crippen MR) is 71.6 cm³/mol. The molecule has 0 radical (unpaired) electrons. The summed E-state index contributed by atoms with van der Waals surface area (Å²) in [6.45, 7) is 1.76. The van der Waals surface area contributed by atoms with Crippen molar-refractivity contribution in [1.82, 2.24) is 4.48 Å². The lowest BCUT2D eigenvalue weighted by atomic mass is 9.88. The maximum atomic E-state index is 9.55. The standard InChI is InChI=1S/C9H8BBrINO/c1-10(14)13-5-8(12)7-4-6(11)2-3-9(7)13/h2-5,14H,1H3. The molecule has 72 valence electrons. The van der Waals surface area contributed by atoms with Gasteiger partial charge in [-0.05, 0) is 47.6 Å². The number of fused-ring (bicyclic) bond motifs is 1. The van der Waals surface area contributed by atoms with Crippen molar-refractivity contribution in [2.45, 2.75) is 6.82 Å². The molecule has 0 aliphatic heterocycles. The van der Waals surface area contributed by atoms with E-state index in [4.69, 9.17) is 0 Å². The van der Waals surface area contributed by atoms with Crippen LogP contribution in [0.2, 0.25) is 6.82 Å². The molecule has 0 saturated carbocycles. The van der Waals surface area contributed by atoms with Crippen LogP contribution in [0.5, 0.6) is 0 Å². The Morgan fingerprint density at radius 1 is 1.50 bits per heavy atom. The predicted octanol–water partition coefficient (Wildman–Crippen LogP) is 2.97. The molecule has 2 aromatic rings. The van der Waals surface area contributed by atoms with Crippen molar-refractivity contribution in [3.8, 4) is 0 Å². The molecule has 0 fully saturated rings. The van der Waals surface area contributed by atoms with Crippen LogP contribution in [0.3, 0.4) is 0 Å². The van der Waals surface area contributed by atoms with Gasteiger partial charge < -0.3 is 9.50 Å². The number of benzene rings is 1. The zero-order chi connectivity index (χ0) is 10.3. The van der Waals surface area contributed by atoms with Gasteiger partial charge >= 0.3 is 7.05 Å². The van der Waals surface area contributed by atoms with Crippen molar-refractivity contribution in [3.63, 3.8) is 0 Å². The van der Waals surface area contributed by atoms with Crippen LogP contribution in [0.15, 0.2) is 28.9 Å². The Morgan fingerprint density at radius 3 is 2.86 bits per heavy atom. The van der Waals surface area contributed by atoms with Crippen LogP contribution in [-0.2, 0) is 0 Å². The number of nitrogens with zero attached hydrogens (tertiary/aromatic N) is 1. The summed E-state index contributed by atoms with van der Waals surface area (Å²) in [6.07, 6.45) is 1.96. The minimum Gasteiger partial charge on any atom is -0.432 e. The minimum absolute atomic E-state index is 0.484. The van der Waals surface area contributed by atoms with Crippen molar-refractivity contribution in [3.05, 3.63) is 32.4 Å². The summed E-state index contributed by atoms with van der Waals surface area (Å²) < 4.78 is 4.08. The van der Waals surface area contributed by atoms with Gasteiger partial charge in [-0.15, -0.1) is 0 Å². The molecule has 1 heterocycles. The molecular weight excluding hydrogens is 356 g/mol. The van der Waals surface area contributed by atoms with Crippen molar-refractivity contribution >= 4 is 56.5 Å². The molecule has 1 N–H and O–H groups in total. The summed E-state index contributed by atoms with van der Waals surface area (Å²) in [5, 5.41) is 10.7. The first-order valence-corrected chi connectivity index (χ1v) is 6.10. The minimum atomic E-state index is -0.484. The van der Waals surface area contributed by atoms with Gasteiger partial charge in [-0.25, -0.2) is 0 Å². The van der Waals surface area contributed by atoms with Crippen LogP contribution in [0.1, 0.15) is 0 Å². The molecule has 5 heteroatoms. The van der Waals surface area contributed by atoms with Crippen molar-refractivity contribution in [2.24, 2.45) is 0 Å². The van der Waals surface area contributed by atoms with E-state index in [0.29, 0.717) is 0 Å². The number of halogens is 2. The van der Waals surface area contributed by atoms with Crippen LogP contribution in [0.25, 0.3) is 10.9 Å². The molecule has 1 aromatic carbocycles. The van der Waals surface area contributed by atoms with Gasteiger partial charge in [0.15, 0.2) is 0 Å². The quantitative estimate of drug-likeness (QED) is 0.611. The molecule has 0 amide bonds. The monoisotopic (exact) mass is 363 g/mol. The number of hydrogen-bond acceptors (Lipinski definition) is 1. The first-order valence-electron chi connectivity index (χ1n) is 4.23. The number of hydrogen-bond donors (Lipinski definition) is 1. The number of rotatable bonds is 1. The van der Waals surface area contributed by atoms with E-state index in [0.717, 1.165) is 13.6 Å². The second-order valence-corrected chi connectivity index (χ2v) is 5.26. The third-order valence-electron chi connectivity index (χ3n) is 2.15. The van der Waals surface area contributed by atoms with Crippen LogP contribution < -0.4 is 0 Å². The van der Waals surface area contributed by atoms with Gasteiger partial charge in [0.2, 0.25) is 0 Å². The molecule has 2 nitrogen and oxygen atoms in total. The molecule has 14 heavy (non-hydrogen) atoms. The highest BCUT2D eigenvalue weighted by molar-refractivity contribution is 14.1. The largest absolute Gasteiger partial charge is 0.432 e. The lowest BCUT2D eigenvalue weighted by Crippen LogP contribution is -2.17. The Labute approximate surface area is 105 Å². The van der Waals surface area contributed by atoms with E-state index in [9.17, 15) is 5.02 Å². The summed E-state index contributed by atoms with van der Waals surface area (Å²) in [6, 6.07) is 6.06. The molecule has 1 aromatic heterocycles. The van der Waals surface area contributed by atoms with Crippen LogP contribution in [-0.4, -0.2) is 16.6 Å². The Balaban J connectivity index is 2.77. The van der Waals surface area contributed by atoms with Gasteiger partial charge in [-0.2, -0.15) is 0 Å². The normalized spacial score (nSPS) is 10.9. The van der Waals surface area contributed by atoms with E-state index in [1.54, 1.807) is 6.82 Å². The van der Waals surface area contributed by atoms with Crippen molar-refractivity contribution < 1.29 is 5.02 Å². The third-order valence-corrected chi connectivity index (χ3v) is 3.50. The zero-order valence-electron chi connectivity index (χ0n) is 7.54. The number of aromatic nitrogens is 1.